The van der Waals surface area contributed by atoms with Crippen LogP contribution in [0.3, 0.4) is 0 Å². The Labute approximate surface area is 91.5 Å². The van der Waals surface area contributed by atoms with Gasteiger partial charge in [0.15, 0.2) is 5.16 Å². The molecule has 0 aromatic carbocycles. The van der Waals surface area contributed by atoms with Gasteiger partial charge in [0, 0.05) is 18.9 Å². The van der Waals surface area contributed by atoms with Gasteiger partial charge in [0.25, 0.3) is 0 Å². The Hall–Kier alpha value is -1.40. The Morgan fingerprint density at radius 2 is 2.47 bits per heavy atom. The summed E-state index contributed by atoms with van der Waals surface area (Å²) in [5, 5.41) is 7.52. The van der Waals surface area contributed by atoms with E-state index >= 15 is 0 Å². The molecule has 0 aliphatic rings. The molecular weight excluding hydrogens is 210 g/mol. The summed E-state index contributed by atoms with van der Waals surface area (Å²) in [4.78, 5) is 8.12. The van der Waals surface area contributed by atoms with Crippen LogP contribution in [0.1, 0.15) is 10.8 Å². The molecule has 2 aromatic rings. The number of aromatic nitrogens is 4. The molecule has 0 saturated carbocycles. The normalized spacial score (nSPS) is 12.6. The van der Waals surface area contributed by atoms with E-state index in [1.807, 2.05) is 18.3 Å². The quantitative estimate of drug-likeness (QED) is 0.752. The fraction of sp³-hybridized carbons (Fsp3) is 0.222. The minimum absolute atomic E-state index is 0.159. The van der Waals surface area contributed by atoms with Crippen molar-refractivity contribution in [2.75, 3.05) is 6.54 Å². The molecule has 2 heterocycles. The molecule has 0 aliphatic carbocycles. The highest BCUT2D eigenvalue weighted by Crippen LogP contribution is 2.31. The fourth-order valence-corrected chi connectivity index (χ4v) is 2.06. The monoisotopic (exact) mass is 221 g/mol. The number of hydrogen-bond acceptors (Lipinski definition) is 5. The SMILES string of the molecule is NCC(Sc1ncn[nH]1)c1cccnc1. The van der Waals surface area contributed by atoms with E-state index in [0.29, 0.717) is 6.54 Å². The van der Waals surface area contributed by atoms with Crippen molar-refractivity contribution in [3.8, 4) is 0 Å². The van der Waals surface area contributed by atoms with Crippen LogP contribution in [-0.4, -0.2) is 26.7 Å². The Morgan fingerprint density at radius 3 is 3.07 bits per heavy atom. The number of pyridine rings is 1. The predicted octanol–water partition coefficient (Wildman–Crippen LogP) is 0.992. The first-order valence-corrected chi connectivity index (χ1v) is 5.40. The molecule has 2 aromatic heterocycles. The lowest BCUT2D eigenvalue weighted by molar-refractivity contribution is 0.908. The van der Waals surface area contributed by atoms with E-state index in [4.69, 9.17) is 5.73 Å². The molecule has 5 nitrogen and oxygen atoms in total. The number of nitrogens with two attached hydrogens (primary N) is 1. The summed E-state index contributed by atoms with van der Waals surface area (Å²) in [7, 11) is 0. The molecule has 3 N–H and O–H groups in total. The summed E-state index contributed by atoms with van der Waals surface area (Å²) in [5.74, 6) is 0. The van der Waals surface area contributed by atoms with Crippen molar-refractivity contribution in [2.45, 2.75) is 10.4 Å². The number of aromatic amines is 1. The number of nitrogens with one attached hydrogen (secondary N) is 1. The number of thioether (sulfide) groups is 1. The first-order valence-electron chi connectivity index (χ1n) is 4.52. The highest BCUT2D eigenvalue weighted by molar-refractivity contribution is 7.99. The number of nitrogens with zero attached hydrogens (tertiary/aromatic N) is 3. The molecule has 0 amide bonds. The molecule has 0 aliphatic heterocycles. The second-order valence-electron chi connectivity index (χ2n) is 2.92. The smallest absolute Gasteiger partial charge is 0.184 e. The van der Waals surface area contributed by atoms with E-state index in [1.54, 1.807) is 18.0 Å². The average molecular weight is 221 g/mol. The molecule has 0 bridgehead atoms. The third-order valence-corrected chi connectivity index (χ3v) is 3.09. The van der Waals surface area contributed by atoms with Gasteiger partial charge in [-0.25, -0.2) is 4.98 Å². The van der Waals surface area contributed by atoms with E-state index in [9.17, 15) is 0 Å². The van der Waals surface area contributed by atoms with Crippen LogP contribution >= 0.6 is 11.8 Å². The van der Waals surface area contributed by atoms with Gasteiger partial charge in [-0.3, -0.25) is 10.1 Å². The van der Waals surface area contributed by atoms with E-state index in [0.717, 1.165) is 10.7 Å². The Kier molecular flexibility index (Phi) is 3.31. The first kappa shape index (κ1) is 10.1. The topological polar surface area (TPSA) is 80.5 Å². The number of H-pyrrole nitrogens is 1. The molecule has 0 spiro atoms. The maximum Gasteiger partial charge on any atom is 0.184 e. The lowest BCUT2D eigenvalue weighted by atomic mass is 10.2. The summed E-state index contributed by atoms with van der Waals surface area (Å²) in [6.45, 7) is 0.539. The average Bonchev–Trinajstić information content (AvgIpc) is 2.80. The summed E-state index contributed by atoms with van der Waals surface area (Å²) in [6, 6.07) is 3.91. The van der Waals surface area contributed by atoms with Crippen LogP contribution in [0.2, 0.25) is 0 Å². The van der Waals surface area contributed by atoms with Crippen LogP contribution in [0.5, 0.6) is 0 Å². The first-order chi connectivity index (χ1) is 7.40. The lowest BCUT2D eigenvalue weighted by Crippen LogP contribution is -2.09. The third kappa shape index (κ3) is 2.54. The van der Waals surface area contributed by atoms with Gasteiger partial charge < -0.3 is 5.73 Å². The minimum Gasteiger partial charge on any atom is -0.329 e. The Bertz CT molecular complexity index is 388. The maximum absolute atomic E-state index is 5.71. The molecule has 1 unspecified atom stereocenters. The van der Waals surface area contributed by atoms with Crippen molar-refractivity contribution in [3.63, 3.8) is 0 Å². The Balaban J connectivity index is 2.12. The highest BCUT2D eigenvalue weighted by atomic mass is 32.2. The summed E-state index contributed by atoms with van der Waals surface area (Å²) < 4.78 is 0. The zero-order valence-corrected chi connectivity index (χ0v) is 8.81. The highest BCUT2D eigenvalue weighted by Gasteiger charge is 2.12. The van der Waals surface area contributed by atoms with Crippen molar-refractivity contribution in [1.82, 2.24) is 20.2 Å². The zero-order valence-electron chi connectivity index (χ0n) is 8.00. The zero-order chi connectivity index (χ0) is 10.5. The predicted molar refractivity (Wildman–Crippen MR) is 58.3 cm³/mol. The van der Waals surface area contributed by atoms with E-state index < -0.39 is 0 Å². The van der Waals surface area contributed by atoms with Crippen molar-refractivity contribution in [1.29, 1.82) is 0 Å². The van der Waals surface area contributed by atoms with Crippen LogP contribution in [0.4, 0.5) is 0 Å². The van der Waals surface area contributed by atoms with Crippen molar-refractivity contribution in [3.05, 3.63) is 36.4 Å². The second-order valence-corrected chi connectivity index (χ2v) is 4.11. The summed E-state index contributed by atoms with van der Waals surface area (Å²) in [6.07, 6.45) is 5.05. The van der Waals surface area contributed by atoms with Crippen LogP contribution < -0.4 is 5.73 Å². The molecule has 1 atom stereocenters. The van der Waals surface area contributed by atoms with Crippen molar-refractivity contribution in [2.24, 2.45) is 5.73 Å². The van der Waals surface area contributed by atoms with Gasteiger partial charge in [-0.1, -0.05) is 17.8 Å². The molecule has 0 fully saturated rings. The minimum atomic E-state index is 0.159. The second kappa shape index (κ2) is 4.90. The van der Waals surface area contributed by atoms with Gasteiger partial charge in [0.05, 0.1) is 5.25 Å². The van der Waals surface area contributed by atoms with Crippen LogP contribution in [0.15, 0.2) is 36.0 Å². The van der Waals surface area contributed by atoms with Crippen LogP contribution in [-0.2, 0) is 0 Å². The van der Waals surface area contributed by atoms with Crippen molar-refractivity contribution >= 4 is 11.8 Å². The van der Waals surface area contributed by atoms with E-state index in [2.05, 4.69) is 20.2 Å². The van der Waals surface area contributed by atoms with E-state index in [-0.39, 0.29) is 5.25 Å². The van der Waals surface area contributed by atoms with Gasteiger partial charge in [-0.2, -0.15) is 5.10 Å². The molecule has 6 heteroatoms. The Morgan fingerprint density at radius 1 is 1.53 bits per heavy atom. The number of rotatable bonds is 4. The third-order valence-electron chi connectivity index (χ3n) is 1.92. The number of hydrogen-bond donors (Lipinski definition) is 2. The molecule has 0 radical (unpaired) electrons. The standard InChI is InChI=1S/C9H11N5S/c10-4-8(7-2-1-3-11-5-7)15-9-12-6-13-14-9/h1-3,5-6,8H,4,10H2,(H,12,13,14). The van der Waals surface area contributed by atoms with Crippen LogP contribution in [0, 0.1) is 0 Å². The lowest BCUT2D eigenvalue weighted by Gasteiger charge is -2.11. The van der Waals surface area contributed by atoms with Gasteiger partial charge in [0.2, 0.25) is 0 Å². The van der Waals surface area contributed by atoms with Crippen LogP contribution in [0.25, 0.3) is 0 Å². The molecule has 0 saturated heterocycles. The van der Waals surface area contributed by atoms with Gasteiger partial charge in [-0.15, -0.1) is 0 Å². The maximum atomic E-state index is 5.71. The van der Waals surface area contributed by atoms with Gasteiger partial charge in [-0.05, 0) is 11.6 Å². The van der Waals surface area contributed by atoms with Crippen molar-refractivity contribution < 1.29 is 0 Å². The molecule has 15 heavy (non-hydrogen) atoms. The molecular formula is C9H11N5S. The summed E-state index contributed by atoms with van der Waals surface area (Å²) in [5.41, 5.74) is 6.81. The molecule has 2 rings (SSSR count). The van der Waals surface area contributed by atoms with Gasteiger partial charge >= 0.3 is 0 Å². The fourth-order valence-electron chi connectivity index (χ4n) is 1.20. The summed E-state index contributed by atoms with van der Waals surface area (Å²) >= 11 is 1.55. The molecule has 78 valence electrons. The van der Waals surface area contributed by atoms with Gasteiger partial charge in [0.1, 0.15) is 6.33 Å². The van der Waals surface area contributed by atoms with E-state index in [1.165, 1.54) is 6.33 Å². The largest absolute Gasteiger partial charge is 0.329 e.